The number of benzene rings is 1. The maximum atomic E-state index is 11.3. The van der Waals surface area contributed by atoms with Gasteiger partial charge in [0.2, 0.25) is 0 Å². The fourth-order valence-corrected chi connectivity index (χ4v) is 1.32. The quantitative estimate of drug-likeness (QED) is 0.488. The second-order valence-corrected chi connectivity index (χ2v) is 3.88. The topological polar surface area (TPSA) is 50.7 Å². The highest BCUT2D eigenvalue weighted by Crippen LogP contribution is 2.25. The zero-order valence-electron chi connectivity index (χ0n) is 9.37. The van der Waals surface area contributed by atoms with E-state index in [0.29, 0.717) is 16.4 Å². The van der Waals surface area contributed by atoms with Gasteiger partial charge in [-0.25, -0.2) is 4.79 Å². The Kier molecular flexibility index (Phi) is 4.31. The molecular formula is C11H13ClN2O2. The Morgan fingerprint density at radius 2 is 2.12 bits per heavy atom. The number of carbonyl (C=O) groups excluding carboxylic acids is 1. The highest BCUT2D eigenvalue weighted by molar-refractivity contribution is 6.33. The van der Waals surface area contributed by atoms with Crippen LogP contribution in [0.3, 0.4) is 0 Å². The largest absolute Gasteiger partial charge is 0.437 e. The lowest BCUT2D eigenvalue weighted by atomic mass is 10.2. The molecule has 5 heteroatoms. The van der Waals surface area contributed by atoms with E-state index in [-0.39, 0.29) is 0 Å². The molecule has 16 heavy (non-hydrogen) atoms. The maximum Gasteiger partial charge on any atom is 0.437 e. The first kappa shape index (κ1) is 12.5. The zero-order valence-corrected chi connectivity index (χ0v) is 10.1. The summed E-state index contributed by atoms with van der Waals surface area (Å²) in [6, 6.07) is 5.34. The number of rotatable bonds is 2. The van der Waals surface area contributed by atoms with Crippen LogP contribution in [0.1, 0.15) is 19.4 Å². The fourth-order valence-electron chi connectivity index (χ4n) is 1.05. The molecule has 0 heterocycles. The molecule has 1 aromatic carbocycles. The summed E-state index contributed by atoms with van der Waals surface area (Å²) in [5.74, 6) is 0. The van der Waals surface area contributed by atoms with E-state index >= 15 is 0 Å². The summed E-state index contributed by atoms with van der Waals surface area (Å²) in [5.41, 5.74) is 2.06. The van der Waals surface area contributed by atoms with Crippen molar-refractivity contribution in [3.63, 3.8) is 0 Å². The number of hydrogen-bond donors (Lipinski definition) is 1. The molecule has 0 aliphatic rings. The highest BCUT2D eigenvalue weighted by atomic mass is 35.5. The van der Waals surface area contributed by atoms with E-state index < -0.39 is 6.09 Å². The Hall–Kier alpha value is -1.55. The Morgan fingerprint density at radius 3 is 2.69 bits per heavy atom. The predicted octanol–water partition coefficient (Wildman–Crippen LogP) is 3.59. The van der Waals surface area contributed by atoms with E-state index in [4.69, 9.17) is 11.6 Å². The SMILES string of the molecule is CC(C)=NOC(=O)Nc1c(C)cccc1Cl. The van der Waals surface area contributed by atoms with E-state index in [1.165, 1.54) is 0 Å². The lowest BCUT2D eigenvalue weighted by molar-refractivity contribution is 0.166. The van der Waals surface area contributed by atoms with Crippen molar-refractivity contribution >= 4 is 29.1 Å². The average molecular weight is 241 g/mol. The Morgan fingerprint density at radius 1 is 1.44 bits per heavy atom. The molecule has 0 saturated carbocycles. The number of aryl methyl sites for hydroxylation is 1. The van der Waals surface area contributed by atoms with Crippen molar-refractivity contribution in [1.82, 2.24) is 0 Å². The van der Waals surface area contributed by atoms with Crippen molar-refractivity contribution in [2.24, 2.45) is 5.16 Å². The Bertz CT molecular complexity index is 406. The van der Waals surface area contributed by atoms with Gasteiger partial charge in [-0.2, -0.15) is 0 Å². The van der Waals surface area contributed by atoms with Crippen molar-refractivity contribution in [3.05, 3.63) is 28.8 Å². The number of hydrogen-bond acceptors (Lipinski definition) is 3. The predicted molar refractivity (Wildman–Crippen MR) is 65.1 cm³/mol. The first-order valence-electron chi connectivity index (χ1n) is 4.75. The second-order valence-electron chi connectivity index (χ2n) is 3.47. The minimum absolute atomic E-state index is 0.467. The third-order valence-corrected chi connectivity index (χ3v) is 2.08. The number of oxime groups is 1. The van der Waals surface area contributed by atoms with Crippen molar-refractivity contribution < 1.29 is 9.63 Å². The summed E-state index contributed by atoms with van der Waals surface area (Å²) in [5, 5.41) is 6.54. The summed E-state index contributed by atoms with van der Waals surface area (Å²) in [6.07, 6.45) is -0.655. The molecule has 0 fully saturated rings. The first-order valence-corrected chi connectivity index (χ1v) is 5.13. The van der Waals surface area contributed by atoms with Crippen LogP contribution in [0.15, 0.2) is 23.4 Å². The standard InChI is InChI=1S/C11H13ClN2O2/c1-7(2)14-16-11(15)13-10-8(3)5-4-6-9(10)12/h4-6H,1-3H3,(H,13,15). The van der Waals surface area contributed by atoms with Gasteiger partial charge in [0.15, 0.2) is 0 Å². The van der Waals surface area contributed by atoms with Gasteiger partial charge in [0.25, 0.3) is 0 Å². The molecular weight excluding hydrogens is 228 g/mol. The van der Waals surface area contributed by atoms with Crippen LogP contribution in [0, 0.1) is 6.92 Å². The average Bonchev–Trinajstić information content (AvgIpc) is 2.21. The first-order chi connectivity index (χ1) is 7.50. The lowest BCUT2D eigenvalue weighted by Crippen LogP contribution is -2.12. The Balaban J connectivity index is 2.74. The normalized spacial score (nSPS) is 9.50. The fraction of sp³-hybridized carbons (Fsp3) is 0.273. The van der Waals surface area contributed by atoms with Gasteiger partial charge in [0, 0.05) is 0 Å². The molecule has 0 saturated heterocycles. The summed E-state index contributed by atoms with van der Waals surface area (Å²) in [6.45, 7) is 5.30. The summed E-state index contributed by atoms with van der Waals surface area (Å²) in [7, 11) is 0. The number of nitrogens with zero attached hydrogens (tertiary/aromatic N) is 1. The van der Waals surface area contributed by atoms with E-state index in [2.05, 4.69) is 15.3 Å². The van der Waals surface area contributed by atoms with Crippen LogP contribution in [0.5, 0.6) is 0 Å². The lowest BCUT2D eigenvalue weighted by Gasteiger charge is -2.08. The number of amides is 1. The zero-order chi connectivity index (χ0) is 12.1. The van der Waals surface area contributed by atoms with Crippen molar-refractivity contribution in [1.29, 1.82) is 0 Å². The van der Waals surface area contributed by atoms with Gasteiger partial charge >= 0.3 is 6.09 Å². The molecule has 0 radical (unpaired) electrons. The Labute approximate surface area is 99.2 Å². The van der Waals surface area contributed by atoms with Crippen LogP contribution in [-0.4, -0.2) is 11.8 Å². The summed E-state index contributed by atoms with van der Waals surface area (Å²) < 4.78 is 0. The van der Waals surface area contributed by atoms with Crippen LogP contribution < -0.4 is 5.32 Å². The van der Waals surface area contributed by atoms with Gasteiger partial charge in [-0.15, -0.1) is 0 Å². The molecule has 0 spiro atoms. The number of anilines is 1. The van der Waals surface area contributed by atoms with Gasteiger partial charge in [-0.1, -0.05) is 28.9 Å². The number of carbonyl (C=O) groups is 1. The molecule has 1 amide bonds. The van der Waals surface area contributed by atoms with Crippen LogP contribution >= 0.6 is 11.6 Å². The summed E-state index contributed by atoms with van der Waals surface area (Å²) >= 11 is 5.93. The molecule has 1 rings (SSSR count). The molecule has 0 bridgehead atoms. The number of halogens is 1. The van der Waals surface area contributed by atoms with E-state index in [9.17, 15) is 4.79 Å². The third kappa shape index (κ3) is 3.55. The third-order valence-electron chi connectivity index (χ3n) is 1.76. The molecule has 0 aromatic heterocycles. The molecule has 1 aromatic rings. The van der Waals surface area contributed by atoms with Crippen molar-refractivity contribution in [2.75, 3.05) is 5.32 Å². The minimum Gasteiger partial charge on any atom is -0.298 e. The maximum absolute atomic E-state index is 11.3. The van der Waals surface area contributed by atoms with E-state index in [1.54, 1.807) is 19.9 Å². The van der Waals surface area contributed by atoms with Crippen molar-refractivity contribution in [2.45, 2.75) is 20.8 Å². The summed E-state index contributed by atoms with van der Waals surface area (Å²) in [4.78, 5) is 15.9. The van der Waals surface area contributed by atoms with Crippen LogP contribution in [0.4, 0.5) is 10.5 Å². The van der Waals surface area contributed by atoms with Gasteiger partial charge in [-0.3, -0.25) is 10.2 Å². The number of para-hydroxylation sites is 1. The molecule has 0 unspecified atom stereocenters. The van der Waals surface area contributed by atoms with Crippen molar-refractivity contribution in [3.8, 4) is 0 Å². The molecule has 0 atom stereocenters. The smallest absolute Gasteiger partial charge is 0.298 e. The highest BCUT2D eigenvalue weighted by Gasteiger charge is 2.08. The van der Waals surface area contributed by atoms with Gasteiger partial charge < -0.3 is 0 Å². The van der Waals surface area contributed by atoms with Crippen LogP contribution in [0.2, 0.25) is 5.02 Å². The van der Waals surface area contributed by atoms with E-state index in [0.717, 1.165) is 5.56 Å². The van der Waals surface area contributed by atoms with Crippen LogP contribution in [-0.2, 0) is 4.84 Å². The second kappa shape index (κ2) is 5.51. The molecule has 86 valence electrons. The van der Waals surface area contributed by atoms with Gasteiger partial charge in [0.05, 0.1) is 16.4 Å². The van der Waals surface area contributed by atoms with Gasteiger partial charge in [-0.05, 0) is 32.4 Å². The molecule has 0 aliphatic carbocycles. The monoisotopic (exact) mass is 240 g/mol. The number of nitrogens with one attached hydrogen (secondary N) is 1. The van der Waals surface area contributed by atoms with Gasteiger partial charge in [0.1, 0.15) is 0 Å². The minimum atomic E-state index is -0.655. The molecule has 0 aliphatic heterocycles. The van der Waals surface area contributed by atoms with Crippen LogP contribution in [0.25, 0.3) is 0 Å². The molecule has 4 nitrogen and oxygen atoms in total. The molecule has 1 N–H and O–H groups in total. The van der Waals surface area contributed by atoms with E-state index in [1.807, 2.05) is 19.1 Å².